The number of rotatable bonds is 11. The summed E-state index contributed by atoms with van der Waals surface area (Å²) in [6, 6.07) is 17.1. The van der Waals surface area contributed by atoms with Crippen molar-refractivity contribution in [1.29, 1.82) is 0 Å². The Balaban J connectivity index is 1.03. The second kappa shape index (κ2) is 15.3. The van der Waals surface area contributed by atoms with Crippen molar-refractivity contribution < 1.29 is 24.2 Å². The maximum Gasteiger partial charge on any atom is 0.254 e. The summed E-state index contributed by atoms with van der Waals surface area (Å²) in [6.45, 7) is 3.68. The monoisotopic (exact) mass is 672 g/mol. The molecule has 4 aromatic rings. The van der Waals surface area contributed by atoms with Gasteiger partial charge in [-0.05, 0) is 53.3 Å². The lowest BCUT2D eigenvalue weighted by Crippen LogP contribution is -2.42. The minimum atomic E-state index is -0.804. The maximum absolute atomic E-state index is 14.8. The average molecular weight is 673 g/mol. The molecule has 0 fully saturated rings. The zero-order chi connectivity index (χ0) is 33.6. The molecular formula is C36H38ClFN6O4. The quantitative estimate of drug-likeness (QED) is 0.191. The number of benzene rings is 2. The number of amides is 2. The molecule has 6 rings (SSSR count). The van der Waals surface area contributed by atoms with E-state index in [1.165, 1.54) is 35.7 Å². The Hall–Kier alpha value is -4.26. The predicted molar refractivity (Wildman–Crippen MR) is 180 cm³/mol. The van der Waals surface area contributed by atoms with Gasteiger partial charge in [-0.2, -0.15) is 0 Å². The summed E-state index contributed by atoms with van der Waals surface area (Å²) in [5.41, 5.74) is 6.11. The maximum atomic E-state index is 14.8. The van der Waals surface area contributed by atoms with Crippen molar-refractivity contribution in [3.63, 3.8) is 0 Å². The van der Waals surface area contributed by atoms with E-state index >= 15 is 0 Å². The Morgan fingerprint density at radius 3 is 2.12 bits per heavy atom. The lowest BCUT2D eigenvalue weighted by Gasteiger charge is -2.30. The molecule has 2 aliphatic rings. The largest absolute Gasteiger partial charge is 0.390 e. The van der Waals surface area contributed by atoms with Gasteiger partial charge in [-0.25, -0.2) is 4.39 Å². The summed E-state index contributed by atoms with van der Waals surface area (Å²) in [5, 5.41) is 26.9. The van der Waals surface area contributed by atoms with E-state index in [-0.39, 0.29) is 29.6 Å². The SMILES string of the molecule is O=C(NCC(O)CN1CCc2ccccc2C1)c1cc(-c2ccc3c(c2)CN(CC(O)CNC(=O)c2ccncc2Cl)CC3)ncc1F. The van der Waals surface area contributed by atoms with E-state index in [4.69, 9.17) is 11.6 Å². The van der Waals surface area contributed by atoms with Gasteiger partial charge in [0.2, 0.25) is 0 Å². The minimum absolute atomic E-state index is 0.00420. The Bertz CT molecular complexity index is 1790. The zero-order valence-corrected chi connectivity index (χ0v) is 27.2. The number of fused-ring (bicyclic) bond motifs is 2. The van der Waals surface area contributed by atoms with E-state index in [0.717, 1.165) is 55.4 Å². The van der Waals surface area contributed by atoms with Crippen LogP contribution in [0.3, 0.4) is 0 Å². The van der Waals surface area contributed by atoms with Gasteiger partial charge in [0.1, 0.15) is 0 Å². The van der Waals surface area contributed by atoms with Crippen LogP contribution in [0.1, 0.15) is 43.0 Å². The van der Waals surface area contributed by atoms with Crippen molar-refractivity contribution >= 4 is 23.4 Å². The molecule has 2 aliphatic heterocycles. The van der Waals surface area contributed by atoms with Crippen LogP contribution in [-0.4, -0.2) is 93.3 Å². The van der Waals surface area contributed by atoms with E-state index in [2.05, 4.69) is 42.5 Å². The van der Waals surface area contributed by atoms with Gasteiger partial charge in [-0.1, -0.05) is 48.0 Å². The third kappa shape index (κ3) is 8.23. The number of pyridine rings is 2. The number of hydrogen-bond donors (Lipinski definition) is 4. The normalized spacial score (nSPS) is 16.0. The topological polar surface area (TPSA) is 131 Å². The van der Waals surface area contributed by atoms with E-state index in [1.54, 1.807) is 0 Å². The summed E-state index contributed by atoms with van der Waals surface area (Å²) in [6.07, 6.45) is 4.00. The molecule has 0 radical (unpaired) electrons. The Labute approximate surface area is 283 Å². The van der Waals surface area contributed by atoms with Crippen LogP contribution in [0.15, 0.2) is 73.2 Å². The predicted octanol–water partition coefficient (Wildman–Crippen LogP) is 3.23. The van der Waals surface area contributed by atoms with Crippen LogP contribution in [0.25, 0.3) is 11.3 Å². The molecule has 48 heavy (non-hydrogen) atoms. The molecule has 2 aromatic carbocycles. The van der Waals surface area contributed by atoms with Crippen LogP contribution < -0.4 is 10.6 Å². The fraction of sp³-hybridized carbons (Fsp3) is 0.333. The summed E-state index contributed by atoms with van der Waals surface area (Å²) in [4.78, 5) is 37.8. The highest BCUT2D eigenvalue weighted by atomic mass is 35.5. The molecule has 0 saturated carbocycles. The highest BCUT2D eigenvalue weighted by Gasteiger charge is 2.23. The second-order valence-electron chi connectivity index (χ2n) is 12.4. The number of nitrogens with one attached hydrogen (secondary N) is 2. The fourth-order valence-corrected chi connectivity index (χ4v) is 6.51. The van der Waals surface area contributed by atoms with Crippen LogP contribution in [0.2, 0.25) is 5.02 Å². The van der Waals surface area contributed by atoms with E-state index in [1.807, 2.05) is 30.3 Å². The molecule has 0 aliphatic carbocycles. The molecule has 0 bridgehead atoms. The molecule has 250 valence electrons. The van der Waals surface area contributed by atoms with E-state index in [0.29, 0.717) is 30.9 Å². The first kappa shape index (κ1) is 33.6. The van der Waals surface area contributed by atoms with Crippen molar-refractivity contribution in [2.24, 2.45) is 0 Å². The molecule has 2 amide bonds. The number of hydrogen-bond acceptors (Lipinski definition) is 8. The minimum Gasteiger partial charge on any atom is -0.390 e. The van der Waals surface area contributed by atoms with Gasteiger partial charge >= 0.3 is 0 Å². The summed E-state index contributed by atoms with van der Waals surface area (Å²) in [7, 11) is 0. The van der Waals surface area contributed by atoms with E-state index < -0.39 is 23.9 Å². The molecule has 4 heterocycles. The lowest BCUT2D eigenvalue weighted by atomic mass is 9.95. The van der Waals surface area contributed by atoms with E-state index in [9.17, 15) is 24.2 Å². The van der Waals surface area contributed by atoms with Gasteiger partial charge in [0, 0.05) is 70.3 Å². The van der Waals surface area contributed by atoms with Gasteiger partial charge in [-0.15, -0.1) is 0 Å². The third-order valence-electron chi connectivity index (χ3n) is 8.85. The number of carbonyl (C=O) groups is 2. The summed E-state index contributed by atoms with van der Waals surface area (Å²) in [5.74, 6) is -1.74. The van der Waals surface area contributed by atoms with Crippen LogP contribution in [0, 0.1) is 5.82 Å². The summed E-state index contributed by atoms with van der Waals surface area (Å²) >= 11 is 6.05. The highest BCUT2D eigenvalue weighted by Crippen LogP contribution is 2.27. The van der Waals surface area contributed by atoms with Crippen LogP contribution >= 0.6 is 11.6 Å². The smallest absolute Gasteiger partial charge is 0.254 e. The molecule has 0 spiro atoms. The average Bonchev–Trinajstić information content (AvgIpc) is 3.09. The van der Waals surface area contributed by atoms with Crippen molar-refractivity contribution in [2.75, 3.05) is 39.3 Å². The molecule has 0 saturated heterocycles. The van der Waals surface area contributed by atoms with Crippen LogP contribution in [0.4, 0.5) is 4.39 Å². The van der Waals surface area contributed by atoms with Gasteiger partial charge in [0.15, 0.2) is 5.82 Å². The van der Waals surface area contributed by atoms with Crippen molar-refractivity contribution in [1.82, 2.24) is 30.4 Å². The number of halogens is 2. The Kier molecular flexibility index (Phi) is 10.7. The first-order chi connectivity index (χ1) is 23.2. The lowest BCUT2D eigenvalue weighted by molar-refractivity contribution is 0.0837. The standard InChI is InChI=1S/C36H38ClFN6O4/c37-32-17-39-10-7-30(32)35(47)41-15-28(45)22-44-12-9-24-5-6-25(13-27(24)20-44)34-14-31(33(38)18-40-34)36(48)42-16-29(46)21-43-11-8-23-3-1-2-4-26(23)19-43/h1-7,10,13-14,17-18,28-29,45-46H,8-9,11-12,15-16,19-22H2,(H,41,47)(H,42,48). The van der Waals surface area contributed by atoms with Crippen molar-refractivity contribution in [2.45, 2.75) is 38.1 Å². The number of carbonyl (C=O) groups excluding carboxylic acids is 2. The molecule has 4 N–H and O–H groups in total. The van der Waals surface area contributed by atoms with Crippen molar-refractivity contribution in [3.05, 3.63) is 117 Å². The van der Waals surface area contributed by atoms with Gasteiger partial charge in [0.05, 0.1) is 40.2 Å². The van der Waals surface area contributed by atoms with Crippen LogP contribution in [0.5, 0.6) is 0 Å². The molecule has 10 nitrogen and oxygen atoms in total. The zero-order valence-electron chi connectivity index (χ0n) is 26.4. The Morgan fingerprint density at radius 1 is 0.812 bits per heavy atom. The first-order valence-electron chi connectivity index (χ1n) is 16.0. The third-order valence-corrected chi connectivity index (χ3v) is 9.16. The van der Waals surface area contributed by atoms with Crippen LogP contribution in [-0.2, 0) is 25.9 Å². The highest BCUT2D eigenvalue weighted by molar-refractivity contribution is 6.33. The number of aliphatic hydroxyl groups excluding tert-OH is 2. The number of β-amino-alcohol motifs (C(OH)–C–C–N with tert-alkyl or cyclic N) is 2. The Morgan fingerprint density at radius 2 is 1.44 bits per heavy atom. The number of aromatic nitrogens is 2. The number of nitrogens with zero attached hydrogens (tertiary/aromatic N) is 4. The molecular weight excluding hydrogens is 635 g/mol. The summed E-state index contributed by atoms with van der Waals surface area (Å²) < 4.78 is 14.8. The molecule has 2 atom stereocenters. The fourth-order valence-electron chi connectivity index (χ4n) is 6.31. The van der Waals surface area contributed by atoms with Gasteiger partial charge in [0.25, 0.3) is 11.8 Å². The molecule has 2 unspecified atom stereocenters. The first-order valence-corrected chi connectivity index (χ1v) is 16.4. The number of aliphatic hydroxyl groups is 2. The van der Waals surface area contributed by atoms with Gasteiger partial charge < -0.3 is 20.8 Å². The second-order valence-corrected chi connectivity index (χ2v) is 12.8. The molecule has 12 heteroatoms. The molecule has 2 aromatic heterocycles. The van der Waals surface area contributed by atoms with Gasteiger partial charge in [-0.3, -0.25) is 29.4 Å². The van der Waals surface area contributed by atoms with Crippen molar-refractivity contribution in [3.8, 4) is 11.3 Å².